The van der Waals surface area contributed by atoms with E-state index in [1.54, 1.807) is 0 Å². The van der Waals surface area contributed by atoms with Crippen LogP contribution in [0.3, 0.4) is 0 Å². The number of carbonyl (C=O) groups excluding carboxylic acids is 1. The second-order valence-electron chi connectivity index (χ2n) is 7.67. The molecule has 1 aromatic heterocycles. The Hall–Kier alpha value is -3.28. The minimum absolute atomic E-state index is 0.115. The third kappa shape index (κ3) is 3.35. The van der Waals surface area contributed by atoms with Crippen LogP contribution in [0.25, 0.3) is 11.3 Å². The third-order valence-electron chi connectivity index (χ3n) is 5.73. The Morgan fingerprint density at radius 2 is 1.86 bits per heavy atom. The summed E-state index contributed by atoms with van der Waals surface area (Å²) >= 11 is 0. The number of anilines is 1. The van der Waals surface area contributed by atoms with Crippen molar-refractivity contribution in [3.63, 3.8) is 0 Å². The standard InChI is InChI=1S/C23H24N4O2/c1-17-7-8-21-20(13-17)23-18(16-29-21)14-24-27(23)15-22(28)26-11-9-25(10-12-26)19-5-3-2-4-6-19/h2-8,13-14H,9-12,15-16H2,1H3. The number of fused-ring (bicyclic) bond motifs is 3. The van der Waals surface area contributed by atoms with E-state index in [4.69, 9.17) is 4.74 Å². The number of para-hydroxylation sites is 1. The molecular formula is C23H24N4O2. The van der Waals surface area contributed by atoms with E-state index >= 15 is 0 Å². The summed E-state index contributed by atoms with van der Waals surface area (Å²) in [6.07, 6.45) is 1.82. The molecule has 2 aliphatic rings. The van der Waals surface area contributed by atoms with E-state index in [2.05, 4.69) is 47.3 Å². The van der Waals surface area contributed by atoms with Gasteiger partial charge in [-0.05, 0) is 31.2 Å². The Morgan fingerprint density at radius 3 is 2.66 bits per heavy atom. The number of hydrogen-bond donors (Lipinski definition) is 0. The number of aryl methyl sites for hydroxylation is 1. The van der Waals surface area contributed by atoms with Gasteiger partial charge in [0, 0.05) is 43.0 Å². The van der Waals surface area contributed by atoms with Gasteiger partial charge in [-0.2, -0.15) is 5.10 Å². The van der Waals surface area contributed by atoms with Crippen LogP contribution < -0.4 is 9.64 Å². The maximum absolute atomic E-state index is 13.0. The zero-order chi connectivity index (χ0) is 19.8. The molecule has 5 rings (SSSR count). The van der Waals surface area contributed by atoms with Gasteiger partial charge in [-0.25, -0.2) is 0 Å². The lowest BCUT2D eigenvalue weighted by molar-refractivity contribution is -0.132. The highest BCUT2D eigenvalue weighted by Crippen LogP contribution is 2.38. The largest absolute Gasteiger partial charge is 0.488 e. The van der Waals surface area contributed by atoms with Gasteiger partial charge >= 0.3 is 0 Å². The second kappa shape index (κ2) is 7.28. The fourth-order valence-electron chi connectivity index (χ4n) is 4.15. The average molecular weight is 388 g/mol. The molecule has 1 fully saturated rings. The predicted octanol–water partition coefficient (Wildman–Crippen LogP) is 3.10. The quantitative estimate of drug-likeness (QED) is 0.692. The van der Waals surface area contributed by atoms with Crippen molar-refractivity contribution in [3.05, 3.63) is 65.9 Å². The minimum Gasteiger partial charge on any atom is -0.488 e. The number of carbonyl (C=O) groups is 1. The monoisotopic (exact) mass is 388 g/mol. The number of benzene rings is 2. The van der Waals surface area contributed by atoms with Gasteiger partial charge in [-0.15, -0.1) is 0 Å². The summed E-state index contributed by atoms with van der Waals surface area (Å²) in [6, 6.07) is 16.5. The van der Waals surface area contributed by atoms with Crippen molar-refractivity contribution < 1.29 is 9.53 Å². The number of piperazine rings is 1. The molecule has 0 spiro atoms. The zero-order valence-electron chi connectivity index (χ0n) is 16.5. The molecule has 6 nitrogen and oxygen atoms in total. The molecular weight excluding hydrogens is 364 g/mol. The van der Waals surface area contributed by atoms with Crippen molar-refractivity contribution in [2.45, 2.75) is 20.1 Å². The van der Waals surface area contributed by atoms with E-state index in [1.165, 1.54) is 5.69 Å². The van der Waals surface area contributed by atoms with E-state index in [-0.39, 0.29) is 12.5 Å². The van der Waals surface area contributed by atoms with E-state index in [0.717, 1.165) is 54.3 Å². The average Bonchev–Trinajstić information content (AvgIpc) is 3.17. The predicted molar refractivity (Wildman–Crippen MR) is 112 cm³/mol. The van der Waals surface area contributed by atoms with Crippen LogP contribution in [-0.2, 0) is 17.9 Å². The number of amides is 1. The molecule has 3 heterocycles. The van der Waals surface area contributed by atoms with Crippen molar-refractivity contribution in [3.8, 4) is 17.0 Å². The Labute approximate surface area is 170 Å². The molecule has 0 radical (unpaired) electrons. The molecule has 2 aliphatic heterocycles. The van der Waals surface area contributed by atoms with Crippen LogP contribution in [0.2, 0.25) is 0 Å². The number of rotatable bonds is 3. The molecule has 0 saturated carbocycles. The van der Waals surface area contributed by atoms with Gasteiger partial charge in [-0.1, -0.05) is 29.8 Å². The summed E-state index contributed by atoms with van der Waals surface area (Å²) < 4.78 is 7.67. The first-order chi connectivity index (χ1) is 14.2. The van der Waals surface area contributed by atoms with Crippen LogP contribution in [0, 0.1) is 6.92 Å². The van der Waals surface area contributed by atoms with E-state index in [0.29, 0.717) is 6.61 Å². The number of ether oxygens (including phenoxy) is 1. The number of nitrogens with zero attached hydrogens (tertiary/aromatic N) is 4. The number of hydrogen-bond acceptors (Lipinski definition) is 4. The summed E-state index contributed by atoms with van der Waals surface area (Å²) in [6.45, 7) is 5.98. The third-order valence-corrected chi connectivity index (χ3v) is 5.73. The van der Waals surface area contributed by atoms with Crippen LogP contribution in [0.5, 0.6) is 5.75 Å². The number of aromatic nitrogens is 2. The molecule has 0 atom stereocenters. The maximum atomic E-state index is 13.0. The topological polar surface area (TPSA) is 50.6 Å². The van der Waals surface area contributed by atoms with Gasteiger partial charge in [0.25, 0.3) is 0 Å². The minimum atomic E-state index is 0.115. The van der Waals surface area contributed by atoms with Crippen LogP contribution >= 0.6 is 0 Å². The summed E-state index contributed by atoms with van der Waals surface area (Å²) in [5.41, 5.74) is 5.44. The SMILES string of the molecule is Cc1ccc2c(c1)-c1c(cnn1CC(=O)N1CCN(c3ccccc3)CC1)CO2. The Morgan fingerprint density at radius 1 is 1.07 bits per heavy atom. The van der Waals surface area contributed by atoms with Crippen LogP contribution in [-0.4, -0.2) is 46.8 Å². The maximum Gasteiger partial charge on any atom is 0.244 e. The van der Waals surface area contributed by atoms with E-state index < -0.39 is 0 Å². The molecule has 0 unspecified atom stereocenters. The fourth-order valence-corrected chi connectivity index (χ4v) is 4.15. The smallest absolute Gasteiger partial charge is 0.244 e. The molecule has 1 saturated heterocycles. The summed E-state index contributed by atoms with van der Waals surface area (Å²) in [5.74, 6) is 0.970. The zero-order valence-corrected chi connectivity index (χ0v) is 16.5. The summed E-state index contributed by atoms with van der Waals surface area (Å²) in [4.78, 5) is 17.3. The van der Waals surface area contributed by atoms with Crippen molar-refractivity contribution in [1.82, 2.24) is 14.7 Å². The Kier molecular flexibility index (Phi) is 4.46. The summed E-state index contributed by atoms with van der Waals surface area (Å²) in [5, 5.41) is 4.50. The lowest BCUT2D eigenvalue weighted by atomic mass is 10.0. The van der Waals surface area contributed by atoms with Gasteiger partial charge in [0.1, 0.15) is 18.9 Å². The second-order valence-corrected chi connectivity index (χ2v) is 7.67. The first kappa shape index (κ1) is 17.8. The Balaban J connectivity index is 1.30. The van der Waals surface area contributed by atoms with Crippen molar-refractivity contribution in [1.29, 1.82) is 0 Å². The first-order valence-corrected chi connectivity index (χ1v) is 10.1. The molecule has 6 heteroatoms. The highest BCUT2D eigenvalue weighted by molar-refractivity contribution is 5.79. The van der Waals surface area contributed by atoms with Gasteiger partial charge in [-0.3, -0.25) is 9.48 Å². The highest BCUT2D eigenvalue weighted by Gasteiger charge is 2.26. The van der Waals surface area contributed by atoms with Gasteiger partial charge in [0.15, 0.2) is 0 Å². The first-order valence-electron chi connectivity index (χ1n) is 10.1. The molecule has 29 heavy (non-hydrogen) atoms. The lowest BCUT2D eigenvalue weighted by Crippen LogP contribution is -2.49. The van der Waals surface area contributed by atoms with Crippen molar-refractivity contribution in [2.75, 3.05) is 31.1 Å². The van der Waals surface area contributed by atoms with E-state index in [1.807, 2.05) is 34.0 Å². The van der Waals surface area contributed by atoms with Crippen LogP contribution in [0.15, 0.2) is 54.7 Å². The van der Waals surface area contributed by atoms with Crippen molar-refractivity contribution in [2.24, 2.45) is 0 Å². The fraction of sp³-hybridized carbons (Fsp3) is 0.304. The van der Waals surface area contributed by atoms with Crippen molar-refractivity contribution >= 4 is 11.6 Å². The molecule has 2 aromatic carbocycles. The highest BCUT2D eigenvalue weighted by atomic mass is 16.5. The van der Waals surface area contributed by atoms with Gasteiger partial charge in [0.2, 0.25) is 5.91 Å². The van der Waals surface area contributed by atoms with Gasteiger partial charge in [0.05, 0.1) is 11.9 Å². The lowest BCUT2D eigenvalue weighted by Gasteiger charge is -2.36. The molecule has 0 bridgehead atoms. The Bertz CT molecular complexity index is 1040. The molecule has 0 N–H and O–H groups in total. The molecule has 0 aliphatic carbocycles. The van der Waals surface area contributed by atoms with Crippen LogP contribution in [0.1, 0.15) is 11.1 Å². The van der Waals surface area contributed by atoms with E-state index in [9.17, 15) is 4.79 Å². The van der Waals surface area contributed by atoms with Crippen LogP contribution in [0.4, 0.5) is 5.69 Å². The molecule has 1 amide bonds. The molecule has 3 aromatic rings. The summed E-state index contributed by atoms with van der Waals surface area (Å²) in [7, 11) is 0. The normalized spacial score (nSPS) is 15.5. The van der Waals surface area contributed by atoms with Gasteiger partial charge < -0.3 is 14.5 Å². The molecule has 148 valence electrons.